The van der Waals surface area contributed by atoms with Gasteiger partial charge in [0.05, 0.1) is 6.29 Å². The second kappa shape index (κ2) is 12.7. The van der Waals surface area contributed by atoms with E-state index in [1.807, 2.05) is 0 Å². The summed E-state index contributed by atoms with van der Waals surface area (Å²) in [7, 11) is -8.87. The molecule has 0 spiro atoms. The Hall–Kier alpha value is -0.410. The Bertz CT molecular complexity index is 807. The lowest BCUT2D eigenvalue weighted by Crippen LogP contribution is -2.40. The van der Waals surface area contributed by atoms with E-state index >= 15 is 0 Å². The van der Waals surface area contributed by atoms with Crippen LogP contribution in [0.4, 0.5) is 0 Å². The van der Waals surface area contributed by atoms with Gasteiger partial charge in [0.1, 0.15) is 12.6 Å². The highest BCUT2D eigenvalue weighted by molar-refractivity contribution is 7.66. The lowest BCUT2D eigenvalue weighted by molar-refractivity contribution is 0.208. The summed E-state index contributed by atoms with van der Waals surface area (Å²) in [6.07, 6.45) is -0.736. The first kappa shape index (κ1) is 28.6. The van der Waals surface area contributed by atoms with E-state index in [-0.39, 0.29) is 19.1 Å². The van der Waals surface area contributed by atoms with Gasteiger partial charge in [-0.15, -0.1) is 0 Å². The Labute approximate surface area is 183 Å². The van der Waals surface area contributed by atoms with Crippen LogP contribution in [0.3, 0.4) is 0 Å². The third kappa shape index (κ3) is 11.9. The molecule has 14 heteroatoms. The van der Waals surface area contributed by atoms with E-state index in [9.17, 15) is 33.3 Å². The molecule has 2 atom stereocenters. The first-order valence-corrected chi connectivity index (χ1v) is 15.1. The highest BCUT2D eigenvalue weighted by Gasteiger charge is 2.27. The average molecular weight is 501 g/mol. The molecule has 2 unspecified atom stereocenters. The number of benzene rings is 1. The molecular formula is C17H34N3O8P3. The molecule has 0 radical (unpaired) electrons. The molecule has 0 amide bonds. The monoisotopic (exact) mass is 501 g/mol. The summed E-state index contributed by atoms with van der Waals surface area (Å²) in [5.74, 6) is 0. The van der Waals surface area contributed by atoms with Crippen molar-refractivity contribution in [3.05, 3.63) is 30.3 Å². The lowest BCUT2D eigenvalue weighted by atomic mass is 10.4. The van der Waals surface area contributed by atoms with E-state index in [2.05, 4.69) is 4.52 Å². The van der Waals surface area contributed by atoms with Crippen molar-refractivity contribution in [2.45, 2.75) is 6.92 Å². The van der Waals surface area contributed by atoms with Crippen LogP contribution >= 0.6 is 22.6 Å². The van der Waals surface area contributed by atoms with Crippen molar-refractivity contribution >= 4 is 27.9 Å². The quantitative estimate of drug-likeness (QED) is 0.255. The van der Waals surface area contributed by atoms with Crippen molar-refractivity contribution in [2.75, 3.05) is 65.7 Å². The molecule has 1 aromatic rings. The summed E-state index contributed by atoms with van der Waals surface area (Å²) in [6, 6.07) is 8.27. The standard InChI is InChI=1S/C17H34N3O8P3/c1-4-19(16-30(23,24)25)12-13-20(11-10-18(2)14-31(26,27)28-3)15-29(21,22)17-8-6-5-7-9-17/h5-9H,4,10-16H2,1-3H3,(H,21,22)(H,26,27)(H2,23,24,25). The van der Waals surface area contributed by atoms with Crippen LogP contribution in [0.2, 0.25) is 0 Å². The summed E-state index contributed by atoms with van der Waals surface area (Å²) in [5, 5.41) is 0.315. The van der Waals surface area contributed by atoms with Crippen LogP contribution in [0, 0.1) is 0 Å². The van der Waals surface area contributed by atoms with Gasteiger partial charge in [-0.2, -0.15) is 0 Å². The van der Waals surface area contributed by atoms with Gasteiger partial charge < -0.3 is 24.1 Å². The van der Waals surface area contributed by atoms with Crippen molar-refractivity contribution in [2.24, 2.45) is 0 Å². The number of hydrogen-bond acceptors (Lipinski definition) is 7. The molecule has 180 valence electrons. The highest BCUT2D eigenvalue weighted by Crippen LogP contribution is 2.41. The molecule has 0 aliphatic rings. The van der Waals surface area contributed by atoms with E-state index < -0.39 is 28.8 Å². The summed E-state index contributed by atoms with van der Waals surface area (Å²) in [5.41, 5.74) is 0. The lowest BCUT2D eigenvalue weighted by Gasteiger charge is -2.30. The molecule has 0 aliphatic carbocycles. The molecule has 1 aromatic carbocycles. The van der Waals surface area contributed by atoms with Crippen LogP contribution in [0.25, 0.3) is 0 Å². The zero-order chi connectivity index (χ0) is 23.7. The number of hydrogen-bond donors (Lipinski definition) is 4. The van der Waals surface area contributed by atoms with Gasteiger partial charge in [-0.25, -0.2) is 0 Å². The molecule has 31 heavy (non-hydrogen) atoms. The minimum Gasteiger partial charge on any atom is -0.340 e. The summed E-state index contributed by atoms with van der Waals surface area (Å²) in [6.45, 7) is 3.41. The van der Waals surface area contributed by atoms with Gasteiger partial charge in [-0.1, -0.05) is 25.1 Å². The van der Waals surface area contributed by atoms with Crippen molar-refractivity contribution in [3.63, 3.8) is 0 Å². The van der Waals surface area contributed by atoms with Gasteiger partial charge in [0, 0.05) is 38.6 Å². The van der Waals surface area contributed by atoms with E-state index in [1.165, 1.54) is 0 Å². The van der Waals surface area contributed by atoms with E-state index in [0.29, 0.717) is 31.5 Å². The van der Waals surface area contributed by atoms with Crippen molar-refractivity contribution in [1.29, 1.82) is 0 Å². The highest BCUT2D eigenvalue weighted by atomic mass is 31.2. The number of rotatable bonds is 15. The minimum atomic E-state index is -4.22. The maximum atomic E-state index is 12.9. The van der Waals surface area contributed by atoms with E-state index in [1.54, 1.807) is 59.0 Å². The van der Waals surface area contributed by atoms with Crippen molar-refractivity contribution in [3.8, 4) is 0 Å². The van der Waals surface area contributed by atoms with E-state index in [0.717, 1.165) is 7.11 Å². The summed E-state index contributed by atoms with van der Waals surface area (Å²) in [4.78, 5) is 43.6. The molecule has 0 aromatic heterocycles. The predicted molar refractivity (Wildman–Crippen MR) is 121 cm³/mol. The van der Waals surface area contributed by atoms with Gasteiger partial charge in [0.2, 0.25) is 7.37 Å². The zero-order valence-electron chi connectivity index (χ0n) is 18.1. The zero-order valence-corrected chi connectivity index (χ0v) is 20.8. The Morgan fingerprint density at radius 3 is 1.90 bits per heavy atom. The number of nitrogens with zero attached hydrogens (tertiary/aromatic N) is 3. The van der Waals surface area contributed by atoms with Crippen LogP contribution < -0.4 is 5.30 Å². The molecule has 0 saturated carbocycles. The van der Waals surface area contributed by atoms with E-state index in [4.69, 9.17) is 0 Å². The third-order valence-corrected chi connectivity index (χ3v) is 8.69. The minimum absolute atomic E-state index is 0.153. The second-order valence-corrected chi connectivity index (χ2v) is 13.1. The van der Waals surface area contributed by atoms with Gasteiger partial charge >= 0.3 is 15.2 Å². The van der Waals surface area contributed by atoms with Crippen LogP contribution in [-0.2, 0) is 18.2 Å². The molecule has 0 saturated heterocycles. The maximum absolute atomic E-state index is 12.9. The molecule has 1 rings (SSSR count). The Kier molecular flexibility index (Phi) is 11.8. The Morgan fingerprint density at radius 2 is 1.39 bits per heavy atom. The fraction of sp³-hybridized carbons (Fsp3) is 0.647. The second-order valence-electron chi connectivity index (χ2n) is 7.35. The molecule has 11 nitrogen and oxygen atoms in total. The fourth-order valence-electron chi connectivity index (χ4n) is 2.88. The fourth-order valence-corrected chi connectivity index (χ4v) is 6.24. The smallest absolute Gasteiger partial charge is 0.340 e. The first-order chi connectivity index (χ1) is 14.3. The van der Waals surface area contributed by atoms with Crippen LogP contribution in [0.15, 0.2) is 30.3 Å². The van der Waals surface area contributed by atoms with Gasteiger partial charge in [0.25, 0.3) is 0 Å². The van der Waals surface area contributed by atoms with Crippen molar-refractivity contribution in [1.82, 2.24) is 14.7 Å². The summed E-state index contributed by atoms with van der Waals surface area (Å²) < 4.78 is 40.6. The molecule has 0 heterocycles. The van der Waals surface area contributed by atoms with Gasteiger partial charge in [-0.05, 0) is 25.7 Å². The topological polar surface area (TPSA) is 151 Å². The van der Waals surface area contributed by atoms with Crippen LogP contribution in [0.5, 0.6) is 0 Å². The van der Waals surface area contributed by atoms with Gasteiger partial charge in [0.15, 0.2) is 0 Å². The number of likely N-dealkylation sites (N-methyl/N-ethyl adjacent to an activating group) is 2. The molecular weight excluding hydrogens is 467 g/mol. The van der Waals surface area contributed by atoms with Gasteiger partial charge in [-0.3, -0.25) is 28.4 Å². The van der Waals surface area contributed by atoms with Crippen LogP contribution in [0.1, 0.15) is 6.92 Å². The Balaban J connectivity index is 2.86. The van der Waals surface area contributed by atoms with Crippen molar-refractivity contribution < 1.29 is 37.8 Å². The third-order valence-electron chi connectivity index (χ3n) is 4.62. The SMILES string of the molecule is CCN(CCN(CCN(C)CP(=O)(O)OC)CP(=O)(O)c1ccccc1)CP(=O)(O)O. The molecule has 4 N–H and O–H groups in total. The molecule has 0 bridgehead atoms. The average Bonchev–Trinajstić information content (AvgIpc) is 2.68. The largest absolute Gasteiger partial charge is 0.341 e. The maximum Gasteiger partial charge on any atom is 0.341 e. The molecule has 0 aliphatic heterocycles. The normalized spacial score (nSPS) is 16.6. The molecule has 0 fully saturated rings. The Morgan fingerprint density at radius 1 is 0.839 bits per heavy atom. The van der Waals surface area contributed by atoms with Crippen LogP contribution in [-0.4, -0.2) is 100 Å². The summed E-state index contributed by atoms with van der Waals surface area (Å²) >= 11 is 0. The first-order valence-electron chi connectivity index (χ1n) is 9.71. The predicted octanol–water partition coefficient (Wildman–Crippen LogP) is 1.02.